The van der Waals surface area contributed by atoms with E-state index in [2.05, 4.69) is 223 Å². The van der Waals surface area contributed by atoms with Gasteiger partial charge in [-0.25, -0.2) is 0 Å². The van der Waals surface area contributed by atoms with E-state index in [1.807, 2.05) is 6.08 Å². The standard InChI is InChI=1S/C62H48/c1-7-8-10-17-40(2)46-32-48(36-50(33-46)54-24-15-22-52-41(3)18-13-26-56(52)54)44-28-30-58-59-31-29-45(39-61(59)62(5,6)60(58)38-44)49-34-47(43-20-11-9-12-21-43)35-51(37-49)55-25-16-23-53-42(4)19-14-27-57(53)55/h1,8-39H,2-6H3/b10-8-,40-17+. The Bertz CT molecular complexity index is 3340. The van der Waals surface area contributed by atoms with E-state index >= 15 is 0 Å². The molecule has 0 unspecified atom stereocenters. The maximum Gasteiger partial charge on any atom is 0.0159 e. The fraction of sp³-hybridized carbons (Fsp3) is 0.0968. The summed E-state index contributed by atoms with van der Waals surface area (Å²) in [5.74, 6) is 2.63. The number of aryl methyl sites for hydroxylation is 2. The lowest BCUT2D eigenvalue weighted by atomic mass is 9.80. The molecule has 9 aromatic rings. The van der Waals surface area contributed by atoms with Gasteiger partial charge < -0.3 is 0 Å². The van der Waals surface area contributed by atoms with E-state index in [9.17, 15) is 0 Å². The molecule has 0 saturated heterocycles. The van der Waals surface area contributed by atoms with Crippen molar-refractivity contribution in [2.24, 2.45) is 0 Å². The van der Waals surface area contributed by atoms with Gasteiger partial charge in [-0.1, -0.05) is 159 Å². The summed E-state index contributed by atoms with van der Waals surface area (Å²) in [6.45, 7) is 11.3. The first kappa shape index (κ1) is 38.7. The number of hydrogen-bond acceptors (Lipinski definition) is 0. The molecular weight excluding hydrogens is 745 g/mol. The van der Waals surface area contributed by atoms with Gasteiger partial charge in [-0.05, 0) is 197 Å². The molecule has 0 heteroatoms. The third-order valence-electron chi connectivity index (χ3n) is 13.2. The van der Waals surface area contributed by atoms with Crippen LogP contribution in [0, 0.1) is 26.2 Å². The predicted molar refractivity (Wildman–Crippen MR) is 267 cm³/mol. The van der Waals surface area contributed by atoms with Crippen molar-refractivity contribution < 1.29 is 0 Å². The van der Waals surface area contributed by atoms with Crippen molar-refractivity contribution in [1.29, 1.82) is 0 Å². The molecule has 296 valence electrons. The lowest BCUT2D eigenvalue weighted by molar-refractivity contribution is 0.661. The second-order valence-corrected chi connectivity index (χ2v) is 17.4. The molecule has 0 aromatic heterocycles. The predicted octanol–water partition coefficient (Wildman–Crippen LogP) is 16.8. The summed E-state index contributed by atoms with van der Waals surface area (Å²) in [7, 11) is 0. The van der Waals surface area contributed by atoms with E-state index in [4.69, 9.17) is 6.42 Å². The molecule has 0 heterocycles. The van der Waals surface area contributed by atoms with Crippen molar-refractivity contribution in [2.45, 2.75) is 40.0 Å². The highest BCUT2D eigenvalue weighted by Gasteiger charge is 2.36. The minimum absolute atomic E-state index is 0.215. The van der Waals surface area contributed by atoms with Crippen molar-refractivity contribution in [3.05, 3.63) is 222 Å². The number of rotatable bonds is 7. The van der Waals surface area contributed by atoms with Gasteiger partial charge in [0.15, 0.2) is 0 Å². The van der Waals surface area contributed by atoms with Crippen molar-refractivity contribution in [3.63, 3.8) is 0 Å². The van der Waals surface area contributed by atoms with Crippen LogP contribution in [0.25, 0.3) is 93.9 Å². The van der Waals surface area contributed by atoms with Crippen LogP contribution in [-0.2, 0) is 5.41 Å². The van der Waals surface area contributed by atoms with Crippen LogP contribution >= 0.6 is 0 Å². The summed E-state index contributed by atoms with van der Waals surface area (Å²) in [5.41, 5.74) is 22.2. The third kappa shape index (κ3) is 6.77. The van der Waals surface area contributed by atoms with E-state index in [-0.39, 0.29) is 5.41 Å². The van der Waals surface area contributed by atoms with E-state index < -0.39 is 0 Å². The van der Waals surface area contributed by atoms with Gasteiger partial charge in [0.1, 0.15) is 0 Å². The van der Waals surface area contributed by atoms with Crippen molar-refractivity contribution >= 4 is 27.1 Å². The van der Waals surface area contributed by atoms with Crippen LogP contribution in [-0.4, -0.2) is 0 Å². The van der Waals surface area contributed by atoms with Crippen LogP contribution in [0.3, 0.4) is 0 Å². The Morgan fingerprint density at radius 2 is 0.903 bits per heavy atom. The lowest BCUT2D eigenvalue weighted by Gasteiger charge is -2.23. The zero-order valence-electron chi connectivity index (χ0n) is 36.1. The zero-order chi connectivity index (χ0) is 42.5. The van der Waals surface area contributed by atoms with E-state index in [0.717, 1.165) is 5.57 Å². The third-order valence-corrected chi connectivity index (χ3v) is 13.2. The molecule has 0 N–H and O–H groups in total. The molecule has 0 nitrogen and oxygen atoms in total. The summed E-state index contributed by atoms with van der Waals surface area (Å²) >= 11 is 0. The van der Waals surface area contributed by atoms with Gasteiger partial charge >= 0.3 is 0 Å². The van der Waals surface area contributed by atoms with Crippen LogP contribution in [0.2, 0.25) is 0 Å². The Balaban J connectivity index is 1.08. The number of hydrogen-bond donors (Lipinski definition) is 0. The number of fused-ring (bicyclic) bond motifs is 5. The number of terminal acetylenes is 1. The number of benzene rings is 9. The quantitative estimate of drug-likeness (QED) is 0.111. The molecule has 9 aromatic carbocycles. The molecule has 0 amide bonds. The van der Waals surface area contributed by atoms with Crippen LogP contribution in [0.15, 0.2) is 194 Å². The van der Waals surface area contributed by atoms with Gasteiger partial charge in [0.05, 0.1) is 0 Å². The first-order chi connectivity index (χ1) is 30.2. The average Bonchev–Trinajstić information content (AvgIpc) is 3.53. The molecule has 62 heavy (non-hydrogen) atoms. The summed E-state index contributed by atoms with van der Waals surface area (Å²) in [5, 5.41) is 5.12. The van der Waals surface area contributed by atoms with Crippen LogP contribution in [0.4, 0.5) is 0 Å². The minimum Gasteiger partial charge on any atom is -0.115 e. The van der Waals surface area contributed by atoms with Crippen LogP contribution in [0.5, 0.6) is 0 Å². The van der Waals surface area contributed by atoms with Gasteiger partial charge in [0, 0.05) is 5.41 Å². The van der Waals surface area contributed by atoms with Gasteiger partial charge in [-0.15, -0.1) is 6.42 Å². The maximum absolute atomic E-state index is 5.57. The normalized spacial score (nSPS) is 13.1. The highest BCUT2D eigenvalue weighted by molar-refractivity contribution is 6.01. The Morgan fingerprint density at radius 3 is 1.47 bits per heavy atom. The molecule has 0 aliphatic heterocycles. The topological polar surface area (TPSA) is 0 Å². The van der Waals surface area contributed by atoms with Crippen LogP contribution < -0.4 is 0 Å². The van der Waals surface area contributed by atoms with Crippen LogP contribution in [0.1, 0.15) is 48.6 Å². The molecule has 0 spiro atoms. The highest BCUT2D eigenvalue weighted by atomic mass is 14.4. The summed E-state index contributed by atoms with van der Waals surface area (Å²) < 4.78 is 0. The van der Waals surface area contributed by atoms with Gasteiger partial charge in [-0.2, -0.15) is 0 Å². The molecule has 1 aliphatic rings. The van der Waals surface area contributed by atoms with Gasteiger partial charge in [0.2, 0.25) is 0 Å². The van der Waals surface area contributed by atoms with Gasteiger partial charge in [-0.3, -0.25) is 0 Å². The SMILES string of the molecule is C#C/C=C\C=C(/C)c1cc(-c2ccc3c(c2)C(C)(C)c2cc(-c4cc(-c5ccccc5)cc(-c5cccc6c(C)cccc56)c4)ccc2-3)cc(-c2cccc3c(C)cccc23)c1. The van der Waals surface area contributed by atoms with Crippen molar-refractivity contribution in [1.82, 2.24) is 0 Å². The van der Waals surface area contributed by atoms with E-state index in [1.54, 1.807) is 6.08 Å². The Hall–Kier alpha value is -7.46. The second-order valence-electron chi connectivity index (χ2n) is 17.4. The second kappa shape index (κ2) is 15.5. The monoisotopic (exact) mass is 792 g/mol. The first-order valence-corrected chi connectivity index (χ1v) is 21.6. The Morgan fingerprint density at radius 1 is 0.435 bits per heavy atom. The molecule has 0 fully saturated rings. The van der Waals surface area contributed by atoms with E-state index in [0.29, 0.717) is 0 Å². The molecule has 0 atom stereocenters. The Labute approximate surface area is 366 Å². The fourth-order valence-electron chi connectivity index (χ4n) is 9.80. The molecule has 10 rings (SSSR count). The lowest BCUT2D eigenvalue weighted by Crippen LogP contribution is -2.15. The number of allylic oxidation sites excluding steroid dienone is 4. The van der Waals surface area contributed by atoms with E-state index in [1.165, 1.54) is 116 Å². The largest absolute Gasteiger partial charge is 0.115 e. The summed E-state index contributed by atoms with van der Waals surface area (Å²) in [4.78, 5) is 0. The smallest absolute Gasteiger partial charge is 0.0159 e. The highest BCUT2D eigenvalue weighted by Crippen LogP contribution is 2.51. The first-order valence-electron chi connectivity index (χ1n) is 21.6. The molecule has 1 aliphatic carbocycles. The van der Waals surface area contributed by atoms with Crippen molar-refractivity contribution in [3.8, 4) is 79.1 Å². The molecule has 0 saturated carbocycles. The molecule has 0 bridgehead atoms. The fourth-order valence-corrected chi connectivity index (χ4v) is 9.80. The molecular formula is C62H48. The van der Waals surface area contributed by atoms with Gasteiger partial charge in [0.25, 0.3) is 0 Å². The summed E-state index contributed by atoms with van der Waals surface area (Å²) in [6.07, 6.45) is 11.4. The molecule has 0 radical (unpaired) electrons. The van der Waals surface area contributed by atoms with Crippen molar-refractivity contribution in [2.75, 3.05) is 0 Å². The zero-order valence-corrected chi connectivity index (χ0v) is 36.1. The maximum atomic E-state index is 5.57. The summed E-state index contributed by atoms with van der Waals surface area (Å²) in [6, 6.07) is 65.8. The Kier molecular flexibility index (Phi) is 9.70. The average molecular weight is 793 g/mol. The minimum atomic E-state index is -0.215.